The molecule has 0 radical (unpaired) electrons. The second-order valence-electron chi connectivity index (χ2n) is 6.71. The van der Waals surface area contributed by atoms with Gasteiger partial charge in [0.15, 0.2) is 0 Å². The summed E-state index contributed by atoms with van der Waals surface area (Å²) in [7, 11) is 0. The molecule has 1 amide bonds. The minimum Gasteiger partial charge on any atom is -0.386 e. The molecule has 3 aliphatic carbocycles. The first-order valence-corrected chi connectivity index (χ1v) is 7.20. The predicted octanol–water partition coefficient (Wildman–Crippen LogP) is 1.41. The van der Waals surface area contributed by atoms with E-state index in [-0.39, 0.29) is 0 Å². The van der Waals surface area contributed by atoms with Crippen molar-refractivity contribution in [2.45, 2.75) is 44.1 Å². The Labute approximate surface area is 102 Å². The van der Waals surface area contributed by atoms with Crippen molar-refractivity contribution in [3.05, 3.63) is 0 Å². The fourth-order valence-electron chi connectivity index (χ4n) is 4.22. The number of amides is 1. The first-order chi connectivity index (χ1) is 8.19. The molecule has 1 aliphatic heterocycles. The number of β-amino-alcohol motifs (C(OH)–C–C–N with tert-alkyl or cyclic N) is 1. The molecule has 0 aromatic carbocycles. The molecule has 0 aromatic heterocycles. The Morgan fingerprint density at radius 2 is 1.65 bits per heavy atom. The van der Waals surface area contributed by atoms with Crippen LogP contribution in [0, 0.1) is 23.7 Å². The summed E-state index contributed by atoms with van der Waals surface area (Å²) in [6.45, 7) is 1.23. The normalized spacial score (nSPS) is 42.6. The summed E-state index contributed by atoms with van der Waals surface area (Å²) < 4.78 is 0. The van der Waals surface area contributed by atoms with E-state index in [9.17, 15) is 9.90 Å². The molecule has 0 spiro atoms. The van der Waals surface area contributed by atoms with Crippen molar-refractivity contribution < 1.29 is 9.90 Å². The zero-order valence-electron chi connectivity index (χ0n) is 10.3. The predicted molar refractivity (Wildman–Crippen MR) is 63.2 cm³/mol. The number of hydrogen-bond acceptors (Lipinski definition) is 2. The van der Waals surface area contributed by atoms with E-state index in [0.29, 0.717) is 42.7 Å². The molecule has 2 atom stereocenters. The van der Waals surface area contributed by atoms with Crippen molar-refractivity contribution in [2.75, 3.05) is 13.1 Å². The molecule has 94 valence electrons. The molecule has 0 aromatic rings. The molecule has 2 unspecified atom stereocenters. The van der Waals surface area contributed by atoms with Crippen LogP contribution in [-0.4, -0.2) is 34.6 Å². The van der Waals surface area contributed by atoms with Crippen molar-refractivity contribution >= 4 is 5.91 Å². The number of nitrogens with zero attached hydrogens (tertiary/aromatic N) is 1. The Balaban J connectivity index is 1.36. The molecule has 3 saturated carbocycles. The van der Waals surface area contributed by atoms with E-state index >= 15 is 0 Å². The fraction of sp³-hybridized carbons (Fsp3) is 0.929. The Morgan fingerprint density at radius 1 is 1.06 bits per heavy atom. The highest BCUT2D eigenvalue weighted by Gasteiger charge is 2.60. The zero-order chi connectivity index (χ0) is 11.6. The van der Waals surface area contributed by atoms with E-state index in [1.54, 1.807) is 0 Å². The first-order valence-electron chi connectivity index (χ1n) is 7.20. The van der Waals surface area contributed by atoms with Gasteiger partial charge in [-0.1, -0.05) is 12.8 Å². The van der Waals surface area contributed by atoms with Gasteiger partial charge in [-0.2, -0.15) is 0 Å². The van der Waals surface area contributed by atoms with Gasteiger partial charge in [0.1, 0.15) is 5.60 Å². The van der Waals surface area contributed by atoms with Crippen LogP contribution in [-0.2, 0) is 4.79 Å². The fourth-order valence-corrected chi connectivity index (χ4v) is 4.22. The molecule has 4 rings (SSSR count). The summed E-state index contributed by atoms with van der Waals surface area (Å²) in [5.74, 6) is 2.58. The Hall–Kier alpha value is -0.570. The third-order valence-corrected chi connectivity index (χ3v) is 5.52. The van der Waals surface area contributed by atoms with Crippen LogP contribution >= 0.6 is 0 Å². The van der Waals surface area contributed by atoms with Gasteiger partial charge in [0.25, 0.3) is 0 Å². The van der Waals surface area contributed by atoms with Crippen molar-refractivity contribution in [1.82, 2.24) is 4.90 Å². The number of fused-ring (bicyclic) bond motifs is 1. The minimum atomic E-state index is -0.504. The van der Waals surface area contributed by atoms with E-state index in [4.69, 9.17) is 0 Å². The van der Waals surface area contributed by atoms with Crippen molar-refractivity contribution in [2.24, 2.45) is 23.7 Å². The standard InChI is InChI=1S/C14H21NO2/c16-13(12-10-3-1-2-4-11(10)12)15-7-14(17,8-15)9-5-6-9/h9-12,17H,1-8H2. The average molecular weight is 235 g/mol. The van der Waals surface area contributed by atoms with E-state index in [1.807, 2.05) is 4.90 Å². The summed E-state index contributed by atoms with van der Waals surface area (Å²) in [6, 6.07) is 0. The molecular formula is C14H21NO2. The molecule has 1 heterocycles. The van der Waals surface area contributed by atoms with Crippen LogP contribution in [0.25, 0.3) is 0 Å². The summed E-state index contributed by atoms with van der Waals surface area (Å²) in [5, 5.41) is 10.2. The Bertz CT molecular complexity index is 345. The van der Waals surface area contributed by atoms with Gasteiger partial charge in [-0.05, 0) is 43.4 Å². The lowest BCUT2D eigenvalue weighted by Crippen LogP contribution is -2.65. The number of hydrogen-bond donors (Lipinski definition) is 1. The van der Waals surface area contributed by atoms with Crippen LogP contribution in [0.4, 0.5) is 0 Å². The van der Waals surface area contributed by atoms with E-state index in [0.717, 1.165) is 12.8 Å². The highest BCUT2D eigenvalue weighted by molar-refractivity contribution is 5.83. The van der Waals surface area contributed by atoms with Gasteiger partial charge in [0.05, 0.1) is 13.1 Å². The van der Waals surface area contributed by atoms with Gasteiger partial charge in [0, 0.05) is 5.92 Å². The molecule has 4 fully saturated rings. The smallest absolute Gasteiger partial charge is 0.226 e. The largest absolute Gasteiger partial charge is 0.386 e. The quantitative estimate of drug-likeness (QED) is 0.786. The second-order valence-corrected chi connectivity index (χ2v) is 6.71. The maximum Gasteiger partial charge on any atom is 0.226 e. The number of carbonyl (C=O) groups is 1. The summed E-state index contributed by atoms with van der Waals surface area (Å²) >= 11 is 0. The van der Waals surface area contributed by atoms with E-state index < -0.39 is 5.60 Å². The van der Waals surface area contributed by atoms with Gasteiger partial charge in [0.2, 0.25) is 5.91 Å². The number of carbonyl (C=O) groups excluding carboxylic acids is 1. The lowest BCUT2D eigenvalue weighted by Gasteiger charge is -2.47. The van der Waals surface area contributed by atoms with Gasteiger partial charge >= 0.3 is 0 Å². The van der Waals surface area contributed by atoms with Crippen LogP contribution < -0.4 is 0 Å². The highest BCUT2D eigenvalue weighted by atomic mass is 16.3. The van der Waals surface area contributed by atoms with Gasteiger partial charge < -0.3 is 10.0 Å². The van der Waals surface area contributed by atoms with E-state index in [2.05, 4.69) is 0 Å². The van der Waals surface area contributed by atoms with Crippen LogP contribution in [0.5, 0.6) is 0 Å². The lowest BCUT2D eigenvalue weighted by atomic mass is 9.88. The molecule has 3 nitrogen and oxygen atoms in total. The second kappa shape index (κ2) is 3.25. The van der Waals surface area contributed by atoms with E-state index in [1.165, 1.54) is 25.7 Å². The molecule has 17 heavy (non-hydrogen) atoms. The van der Waals surface area contributed by atoms with Crippen molar-refractivity contribution in [3.63, 3.8) is 0 Å². The maximum absolute atomic E-state index is 12.3. The van der Waals surface area contributed by atoms with Gasteiger partial charge in [-0.15, -0.1) is 0 Å². The summed E-state index contributed by atoms with van der Waals surface area (Å²) in [4.78, 5) is 14.2. The molecule has 3 heteroatoms. The molecule has 1 N–H and O–H groups in total. The van der Waals surface area contributed by atoms with Crippen LogP contribution in [0.3, 0.4) is 0 Å². The molecule has 0 bridgehead atoms. The average Bonchev–Trinajstić information content (AvgIpc) is 3.14. The van der Waals surface area contributed by atoms with Gasteiger partial charge in [-0.3, -0.25) is 4.79 Å². The number of likely N-dealkylation sites (tertiary alicyclic amines) is 1. The maximum atomic E-state index is 12.3. The van der Waals surface area contributed by atoms with Crippen molar-refractivity contribution in [3.8, 4) is 0 Å². The Morgan fingerprint density at radius 3 is 2.18 bits per heavy atom. The monoisotopic (exact) mass is 235 g/mol. The zero-order valence-corrected chi connectivity index (χ0v) is 10.3. The molecule has 4 aliphatic rings. The van der Waals surface area contributed by atoms with Gasteiger partial charge in [-0.25, -0.2) is 0 Å². The topological polar surface area (TPSA) is 40.5 Å². The summed E-state index contributed by atoms with van der Waals surface area (Å²) in [5.41, 5.74) is -0.504. The molecule has 1 saturated heterocycles. The number of rotatable bonds is 2. The summed E-state index contributed by atoms with van der Waals surface area (Å²) in [6.07, 6.45) is 7.48. The molecular weight excluding hydrogens is 214 g/mol. The Kier molecular flexibility index (Phi) is 1.98. The van der Waals surface area contributed by atoms with Crippen LogP contribution in [0.15, 0.2) is 0 Å². The first kappa shape index (κ1) is 10.4. The minimum absolute atomic E-state index is 0.334. The van der Waals surface area contributed by atoms with Crippen LogP contribution in [0.1, 0.15) is 38.5 Å². The van der Waals surface area contributed by atoms with Crippen molar-refractivity contribution in [1.29, 1.82) is 0 Å². The highest BCUT2D eigenvalue weighted by Crippen LogP contribution is 2.57. The van der Waals surface area contributed by atoms with Crippen LogP contribution in [0.2, 0.25) is 0 Å². The number of aliphatic hydroxyl groups is 1. The lowest BCUT2D eigenvalue weighted by molar-refractivity contribution is -0.161. The third-order valence-electron chi connectivity index (χ3n) is 5.52. The third kappa shape index (κ3) is 1.48. The SMILES string of the molecule is O=C(C1C2CCCCC21)N1CC(O)(C2CC2)C1.